The van der Waals surface area contributed by atoms with E-state index in [1.165, 1.54) is 31.2 Å². The van der Waals surface area contributed by atoms with Gasteiger partial charge in [0.25, 0.3) is 0 Å². The predicted molar refractivity (Wildman–Crippen MR) is 139 cm³/mol. The van der Waals surface area contributed by atoms with Crippen LogP contribution >= 0.6 is 0 Å². The zero-order chi connectivity index (χ0) is 30.3. The first-order chi connectivity index (χ1) is 19.2. The number of nitrogens with two attached hydrogens (primary N) is 3. The van der Waals surface area contributed by atoms with Gasteiger partial charge in [0.2, 0.25) is 15.8 Å². The Labute approximate surface area is 237 Å². The number of benzene rings is 1. The van der Waals surface area contributed by atoms with Gasteiger partial charge in [-0.25, -0.2) is 13.1 Å². The van der Waals surface area contributed by atoms with E-state index in [9.17, 15) is 39.1 Å². The van der Waals surface area contributed by atoms with Crippen molar-refractivity contribution in [3.05, 3.63) is 30.3 Å². The fraction of sp³-hybridized carbons (Fsp3) is 0.750. The van der Waals surface area contributed by atoms with E-state index in [1.807, 2.05) is 0 Å². The number of nitrogens with one attached hydrogen (secondary N) is 1. The summed E-state index contributed by atoms with van der Waals surface area (Å²) in [5, 5.41) is 63.9. The van der Waals surface area contributed by atoms with Crippen LogP contribution in [0.25, 0.3) is 0 Å². The van der Waals surface area contributed by atoms with Crippen molar-refractivity contribution in [3.63, 3.8) is 0 Å². The van der Waals surface area contributed by atoms with Crippen LogP contribution in [0.2, 0.25) is 0 Å². The number of sulfonamides is 1. The number of rotatable bonds is 9. The Kier molecular flexibility index (Phi) is 10.1. The molecule has 1 aromatic carbocycles. The average molecular weight is 609 g/mol. The smallest absolute Gasteiger partial charge is 0.240 e. The van der Waals surface area contributed by atoms with E-state index >= 15 is 0 Å². The highest BCUT2D eigenvalue weighted by molar-refractivity contribution is 7.89. The van der Waals surface area contributed by atoms with Gasteiger partial charge in [0.05, 0.1) is 29.2 Å². The molecule has 0 amide bonds. The van der Waals surface area contributed by atoms with Gasteiger partial charge in [-0.3, -0.25) is 0 Å². The molecule has 2 saturated heterocycles. The van der Waals surface area contributed by atoms with Crippen molar-refractivity contribution in [1.29, 1.82) is 0 Å². The molecule has 7 unspecified atom stereocenters. The van der Waals surface area contributed by atoms with Gasteiger partial charge in [-0.05, 0) is 25.5 Å². The highest BCUT2D eigenvalue weighted by Crippen LogP contribution is 2.35. The van der Waals surface area contributed by atoms with Gasteiger partial charge in [-0.1, -0.05) is 18.2 Å². The van der Waals surface area contributed by atoms with E-state index in [0.717, 1.165) is 0 Å². The maximum absolute atomic E-state index is 13.0. The lowest BCUT2D eigenvalue weighted by Crippen LogP contribution is -2.69. The van der Waals surface area contributed by atoms with Gasteiger partial charge in [-0.2, -0.15) is 0 Å². The number of aliphatic hydroxyl groups is 6. The Bertz CT molecular complexity index is 1120. The van der Waals surface area contributed by atoms with Gasteiger partial charge in [-0.15, -0.1) is 0 Å². The Morgan fingerprint density at radius 2 is 1.76 bits per heavy atom. The van der Waals surface area contributed by atoms with Crippen molar-refractivity contribution in [2.45, 2.75) is 103 Å². The summed E-state index contributed by atoms with van der Waals surface area (Å²) in [7, 11) is -4.14. The minimum absolute atomic E-state index is 0.0704. The number of hydrogen-bond acceptors (Lipinski definition) is 15. The van der Waals surface area contributed by atoms with Gasteiger partial charge in [0.1, 0.15) is 49.3 Å². The Morgan fingerprint density at radius 1 is 1.10 bits per heavy atom. The normalized spacial score (nSPS) is 44.5. The topological polar surface area (TPSA) is 283 Å². The predicted octanol–water partition coefficient (Wildman–Crippen LogP) is -5.24. The van der Waals surface area contributed by atoms with Crippen molar-refractivity contribution in [3.8, 4) is 0 Å². The second kappa shape index (κ2) is 12.7. The summed E-state index contributed by atoms with van der Waals surface area (Å²) in [6.45, 7) is 0.617. The molecule has 41 heavy (non-hydrogen) atoms. The molecule has 234 valence electrons. The molecule has 4 rings (SSSR count). The maximum Gasteiger partial charge on any atom is 0.240 e. The lowest BCUT2D eigenvalue weighted by molar-refractivity contribution is -0.333. The number of aliphatic hydroxyl groups excluding tert-OH is 5. The summed E-state index contributed by atoms with van der Waals surface area (Å²) >= 11 is 0. The molecule has 3 aliphatic rings. The molecule has 13 N–H and O–H groups in total. The minimum atomic E-state index is -4.14. The van der Waals surface area contributed by atoms with E-state index in [2.05, 4.69) is 4.72 Å². The lowest BCUT2D eigenvalue weighted by Gasteiger charge is -2.49. The largest absolute Gasteiger partial charge is 0.391 e. The standard InChI is InChI=1S/C24H40N4O12S/c1-10(29)19-18(32)17(31)15(27)23(38-19)39-20-12(26)7-13(28-41(35,36)11-5-3-2-4-6-11)16(30)21(20)40-24(34)9-37-14(8-25)22(24)33/h2-6,10,12-23,28-34H,7-9,25-27H2,1H3/t10-,12?,13-,14-,15?,16?,17?,18+,19?,20-,21?,22?,23-,24-/m1/s1. The molecule has 1 aliphatic carbocycles. The molecule has 16 nitrogen and oxygen atoms in total. The molecule has 0 spiro atoms. The van der Waals surface area contributed by atoms with Crippen molar-refractivity contribution >= 4 is 10.0 Å². The van der Waals surface area contributed by atoms with Crippen LogP contribution in [0.5, 0.6) is 0 Å². The average Bonchev–Trinajstić information content (AvgIpc) is 3.22. The summed E-state index contributed by atoms with van der Waals surface area (Å²) < 4.78 is 51.2. The van der Waals surface area contributed by atoms with Gasteiger partial charge >= 0.3 is 0 Å². The molecular weight excluding hydrogens is 568 g/mol. The first kappa shape index (κ1) is 32.5. The SMILES string of the molecule is C[C@@H](O)C1O[C@H](O[C@@H]2C(N)C[C@@H](NS(=O)(=O)c3ccccc3)C(O)C2O[C@]2(O)CO[C@H](CN)C2O)C(N)C(O)[C@@H]1O. The molecule has 0 radical (unpaired) electrons. The monoisotopic (exact) mass is 608 g/mol. The second-order valence-electron chi connectivity index (χ2n) is 10.8. The summed E-state index contributed by atoms with van der Waals surface area (Å²) in [6, 6.07) is 3.73. The van der Waals surface area contributed by atoms with Crippen LogP contribution in [0.15, 0.2) is 35.2 Å². The van der Waals surface area contributed by atoms with E-state index in [4.69, 9.17) is 36.1 Å². The molecule has 1 aromatic rings. The van der Waals surface area contributed by atoms with Crippen molar-refractivity contribution in [2.24, 2.45) is 17.2 Å². The van der Waals surface area contributed by atoms with E-state index in [1.54, 1.807) is 6.07 Å². The minimum Gasteiger partial charge on any atom is -0.391 e. The fourth-order valence-electron chi connectivity index (χ4n) is 5.35. The highest BCUT2D eigenvalue weighted by Gasteiger charge is 2.56. The Morgan fingerprint density at radius 3 is 2.34 bits per heavy atom. The third kappa shape index (κ3) is 6.59. The zero-order valence-electron chi connectivity index (χ0n) is 22.3. The molecule has 3 fully saturated rings. The van der Waals surface area contributed by atoms with Crippen LogP contribution in [0.4, 0.5) is 0 Å². The van der Waals surface area contributed by atoms with Crippen molar-refractivity contribution in [2.75, 3.05) is 13.2 Å². The number of hydrogen-bond donors (Lipinski definition) is 10. The van der Waals surface area contributed by atoms with Crippen LogP contribution in [0.1, 0.15) is 13.3 Å². The summed E-state index contributed by atoms with van der Waals surface area (Å²) in [6.07, 6.45) is -14.7. The molecule has 0 bridgehead atoms. The van der Waals surface area contributed by atoms with Crippen molar-refractivity contribution < 1.29 is 58.0 Å². The summed E-state index contributed by atoms with van der Waals surface area (Å²) in [5.41, 5.74) is 18.0. The zero-order valence-corrected chi connectivity index (χ0v) is 23.1. The molecule has 2 aliphatic heterocycles. The van der Waals surface area contributed by atoms with Crippen molar-refractivity contribution in [1.82, 2.24) is 4.72 Å². The first-order valence-corrected chi connectivity index (χ1v) is 14.7. The van der Waals surface area contributed by atoms with Crippen LogP contribution in [-0.2, 0) is 29.0 Å². The first-order valence-electron chi connectivity index (χ1n) is 13.2. The molecule has 1 saturated carbocycles. The van der Waals surface area contributed by atoms with E-state index < -0.39 is 102 Å². The van der Waals surface area contributed by atoms with E-state index in [0.29, 0.717) is 0 Å². The summed E-state index contributed by atoms with van der Waals surface area (Å²) in [5.74, 6) is -2.40. The molecule has 14 atom stereocenters. The Hall–Kier alpha value is -1.39. The quantitative estimate of drug-likeness (QED) is 0.117. The van der Waals surface area contributed by atoms with Gasteiger partial charge in [0.15, 0.2) is 6.29 Å². The fourth-order valence-corrected chi connectivity index (χ4v) is 6.63. The second-order valence-corrected chi connectivity index (χ2v) is 12.5. The number of ether oxygens (including phenoxy) is 4. The molecule has 17 heteroatoms. The van der Waals surface area contributed by atoms with Crippen LogP contribution in [0, 0.1) is 0 Å². The molecule has 2 heterocycles. The Balaban J connectivity index is 1.63. The molecule has 0 aromatic heterocycles. The third-order valence-corrected chi connectivity index (χ3v) is 9.23. The molecular formula is C24H40N4O12S. The lowest BCUT2D eigenvalue weighted by atomic mass is 9.84. The van der Waals surface area contributed by atoms with Gasteiger partial charge in [0, 0.05) is 12.6 Å². The van der Waals surface area contributed by atoms with Crippen LogP contribution in [0.3, 0.4) is 0 Å². The van der Waals surface area contributed by atoms with Crippen LogP contribution < -0.4 is 21.9 Å². The third-order valence-electron chi connectivity index (χ3n) is 7.72. The summed E-state index contributed by atoms with van der Waals surface area (Å²) in [4.78, 5) is -0.0704. The van der Waals surface area contributed by atoms with Crippen LogP contribution in [-0.4, -0.2) is 137 Å². The van der Waals surface area contributed by atoms with E-state index in [-0.39, 0.29) is 17.9 Å². The maximum atomic E-state index is 13.0. The highest BCUT2D eigenvalue weighted by atomic mass is 32.2. The van der Waals surface area contributed by atoms with Gasteiger partial charge < -0.3 is 66.8 Å².